The van der Waals surface area contributed by atoms with Gasteiger partial charge >= 0.3 is 0 Å². The Morgan fingerprint density at radius 1 is 1.12 bits per heavy atom. The van der Waals surface area contributed by atoms with Crippen LogP contribution in [0.3, 0.4) is 0 Å². The molecule has 0 saturated heterocycles. The highest BCUT2D eigenvalue weighted by atomic mass is 35.5. The maximum absolute atomic E-state index is 12.1. The van der Waals surface area contributed by atoms with Crippen LogP contribution in [0.15, 0.2) is 35.7 Å². The lowest BCUT2D eigenvalue weighted by molar-refractivity contribution is -0.123. The van der Waals surface area contributed by atoms with Crippen LogP contribution in [0.2, 0.25) is 10.0 Å². The summed E-state index contributed by atoms with van der Waals surface area (Å²) in [6.07, 6.45) is 0. The topological polar surface area (TPSA) is 61.4 Å². The van der Waals surface area contributed by atoms with E-state index in [1.807, 2.05) is 24.4 Å². The highest BCUT2D eigenvalue weighted by molar-refractivity contribution is 7.10. The molecule has 25 heavy (non-hydrogen) atoms. The Labute approximate surface area is 160 Å². The Morgan fingerprint density at radius 3 is 2.36 bits per heavy atom. The molecule has 0 radical (unpaired) electrons. The second-order valence-electron chi connectivity index (χ2n) is 5.62. The van der Waals surface area contributed by atoms with E-state index in [9.17, 15) is 9.59 Å². The number of rotatable bonds is 7. The number of halogens is 2. The molecule has 2 N–H and O–H groups in total. The number of amides is 2. The van der Waals surface area contributed by atoms with Crippen LogP contribution in [0.25, 0.3) is 0 Å². The smallest absolute Gasteiger partial charge is 0.238 e. The van der Waals surface area contributed by atoms with E-state index in [2.05, 4.69) is 10.6 Å². The molecular formula is C17H19Cl2N3O2S. The summed E-state index contributed by atoms with van der Waals surface area (Å²) in [5.41, 5.74) is 0.375. The predicted molar refractivity (Wildman–Crippen MR) is 103 cm³/mol. The molecule has 8 heteroatoms. The number of nitrogens with zero attached hydrogens (tertiary/aromatic N) is 1. The molecule has 1 heterocycles. The molecule has 0 spiro atoms. The Balaban J connectivity index is 1.82. The van der Waals surface area contributed by atoms with E-state index in [4.69, 9.17) is 23.2 Å². The van der Waals surface area contributed by atoms with E-state index in [0.29, 0.717) is 15.7 Å². The molecule has 1 aromatic heterocycles. The quantitative estimate of drug-likeness (QED) is 0.743. The Kier molecular flexibility index (Phi) is 7.25. The summed E-state index contributed by atoms with van der Waals surface area (Å²) in [4.78, 5) is 26.9. The lowest BCUT2D eigenvalue weighted by atomic mass is 10.2. The van der Waals surface area contributed by atoms with E-state index in [1.54, 1.807) is 41.5 Å². The number of carbonyl (C=O) groups is 2. The summed E-state index contributed by atoms with van der Waals surface area (Å²) in [5.74, 6) is -0.441. The number of likely N-dealkylation sites (N-methyl/N-ethyl adjacent to an activating group) is 1. The van der Waals surface area contributed by atoms with Gasteiger partial charge in [-0.3, -0.25) is 14.5 Å². The van der Waals surface area contributed by atoms with Crippen LogP contribution in [0, 0.1) is 0 Å². The third-order valence-corrected chi connectivity index (χ3v) is 5.09. The van der Waals surface area contributed by atoms with Gasteiger partial charge in [-0.25, -0.2) is 0 Å². The molecule has 0 aliphatic heterocycles. The second kappa shape index (κ2) is 9.20. The predicted octanol–water partition coefficient (Wildman–Crippen LogP) is 3.80. The average molecular weight is 400 g/mol. The monoisotopic (exact) mass is 399 g/mol. The van der Waals surface area contributed by atoms with Gasteiger partial charge in [0.15, 0.2) is 0 Å². The molecule has 2 rings (SSSR count). The van der Waals surface area contributed by atoms with Gasteiger partial charge in [-0.15, -0.1) is 11.3 Å². The van der Waals surface area contributed by atoms with Crippen molar-refractivity contribution in [3.05, 3.63) is 50.6 Å². The van der Waals surface area contributed by atoms with E-state index in [-0.39, 0.29) is 30.9 Å². The van der Waals surface area contributed by atoms with Crippen LogP contribution < -0.4 is 10.6 Å². The summed E-state index contributed by atoms with van der Waals surface area (Å²) in [6.45, 7) is 2.08. The first-order valence-corrected chi connectivity index (χ1v) is 9.25. The van der Waals surface area contributed by atoms with Crippen molar-refractivity contribution in [2.45, 2.75) is 13.0 Å². The molecule has 5 nitrogen and oxygen atoms in total. The largest absolute Gasteiger partial charge is 0.348 e. The lowest BCUT2D eigenvalue weighted by Gasteiger charge is -2.18. The third kappa shape index (κ3) is 6.01. The van der Waals surface area contributed by atoms with E-state index >= 15 is 0 Å². The standard InChI is InChI=1S/C17H19Cl2N3O2S/c1-11(14-7-4-8-25-14)20-15(23)9-22(2)10-16(24)21-17-12(18)5-3-6-13(17)19/h3-8,11H,9-10H2,1-2H3,(H,20,23)(H,21,24). The maximum Gasteiger partial charge on any atom is 0.238 e. The van der Waals surface area contributed by atoms with Crippen LogP contribution in [-0.4, -0.2) is 36.9 Å². The number of hydrogen-bond donors (Lipinski definition) is 2. The van der Waals surface area contributed by atoms with Crippen LogP contribution >= 0.6 is 34.5 Å². The van der Waals surface area contributed by atoms with Gasteiger partial charge in [0.2, 0.25) is 11.8 Å². The number of carbonyl (C=O) groups excluding carboxylic acids is 2. The fraction of sp³-hybridized carbons (Fsp3) is 0.294. The molecular weight excluding hydrogens is 381 g/mol. The number of hydrogen-bond acceptors (Lipinski definition) is 4. The zero-order chi connectivity index (χ0) is 18.4. The van der Waals surface area contributed by atoms with Gasteiger partial charge in [-0.05, 0) is 37.6 Å². The lowest BCUT2D eigenvalue weighted by Crippen LogP contribution is -2.39. The third-order valence-electron chi connectivity index (χ3n) is 3.40. The summed E-state index contributed by atoms with van der Waals surface area (Å²) in [6, 6.07) is 8.85. The minimum Gasteiger partial charge on any atom is -0.348 e. The molecule has 0 aliphatic carbocycles. The molecule has 0 fully saturated rings. The normalized spacial score (nSPS) is 12.0. The van der Waals surface area contributed by atoms with Crippen molar-refractivity contribution in [1.29, 1.82) is 0 Å². The van der Waals surface area contributed by atoms with Crippen molar-refractivity contribution in [3.8, 4) is 0 Å². The van der Waals surface area contributed by atoms with Gasteiger partial charge < -0.3 is 10.6 Å². The number of nitrogens with one attached hydrogen (secondary N) is 2. The van der Waals surface area contributed by atoms with Crippen LogP contribution in [0.4, 0.5) is 5.69 Å². The van der Waals surface area contributed by atoms with Crippen molar-refractivity contribution in [2.75, 3.05) is 25.5 Å². The van der Waals surface area contributed by atoms with E-state index in [0.717, 1.165) is 4.88 Å². The minimum absolute atomic E-state index is 0.0440. The number of anilines is 1. The van der Waals surface area contributed by atoms with Gasteiger partial charge in [0.25, 0.3) is 0 Å². The van der Waals surface area contributed by atoms with Gasteiger partial charge in [0.05, 0.1) is 34.9 Å². The van der Waals surface area contributed by atoms with E-state index in [1.165, 1.54) is 0 Å². The van der Waals surface area contributed by atoms with Gasteiger partial charge in [-0.1, -0.05) is 35.3 Å². The Morgan fingerprint density at radius 2 is 1.76 bits per heavy atom. The van der Waals surface area contributed by atoms with Crippen molar-refractivity contribution < 1.29 is 9.59 Å². The SMILES string of the molecule is CC(NC(=O)CN(C)CC(=O)Nc1c(Cl)cccc1Cl)c1cccs1. The molecule has 0 bridgehead atoms. The molecule has 0 aliphatic rings. The highest BCUT2D eigenvalue weighted by Gasteiger charge is 2.15. The molecule has 1 atom stereocenters. The summed E-state index contributed by atoms with van der Waals surface area (Å²) in [5, 5.41) is 8.28. The Hall–Kier alpha value is -1.60. The number of thiophene rings is 1. The molecule has 2 amide bonds. The van der Waals surface area contributed by atoms with Crippen LogP contribution in [0.1, 0.15) is 17.8 Å². The molecule has 2 aromatic rings. The van der Waals surface area contributed by atoms with Crippen molar-refractivity contribution >= 4 is 52.0 Å². The summed E-state index contributed by atoms with van der Waals surface area (Å²) in [7, 11) is 1.70. The van der Waals surface area contributed by atoms with Crippen LogP contribution in [0.5, 0.6) is 0 Å². The van der Waals surface area contributed by atoms with Gasteiger partial charge in [-0.2, -0.15) is 0 Å². The fourth-order valence-corrected chi connectivity index (χ4v) is 3.46. The first-order chi connectivity index (χ1) is 11.9. The first-order valence-electron chi connectivity index (χ1n) is 7.62. The maximum atomic E-state index is 12.1. The van der Waals surface area contributed by atoms with Crippen molar-refractivity contribution in [3.63, 3.8) is 0 Å². The molecule has 1 unspecified atom stereocenters. The average Bonchev–Trinajstić information content (AvgIpc) is 3.05. The first kappa shape index (κ1) is 19.7. The summed E-state index contributed by atoms with van der Waals surface area (Å²) < 4.78 is 0. The van der Waals surface area contributed by atoms with E-state index < -0.39 is 0 Å². The zero-order valence-corrected chi connectivity index (χ0v) is 16.2. The van der Waals surface area contributed by atoms with Crippen molar-refractivity contribution in [2.24, 2.45) is 0 Å². The number of benzene rings is 1. The van der Waals surface area contributed by atoms with Crippen LogP contribution in [-0.2, 0) is 9.59 Å². The molecule has 134 valence electrons. The highest BCUT2D eigenvalue weighted by Crippen LogP contribution is 2.29. The molecule has 1 aromatic carbocycles. The van der Waals surface area contributed by atoms with Crippen molar-refractivity contribution in [1.82, 2.24) is 10.2 Å². The Bertz CT molecular complexity index is 717. The minimum atomic E-state index is -0.295. The van der Waals surface area contributed by atoms with Gasteiger partial charge in [0.1, 0.15) is 0 Å². The zero-order valence-electron chi connectivity index (χ0n) is 13.9. The molecule has 0 saturated carbocycles. The number of para-hydroxylation sites is 1. The fourth-order valence-electron chi connectivity index (χ4n) is 2.24. The summed E-state index contributed by atoms with van der Waals surface area (Å²) >= 11 is 13.6. The second-order valence-corrected chi connectivity index (χ2v) is 7.42. The van der Waals surface area contributed by atoms with Gasteiger partial charge in [0, 0.05) is 4.88 Å².